The number of anilines is 1. The monoisotopic (exact) mass is 245 g/mol. The molecule has 2 aromatic carbocycles. The molecule has 0 heterocycles. The van der Waals surface area contributed by atoms with Crippen LogP contribution in [0.5, 0.6) is 0 Å². The highest BCUT2D eigenvalue weighted by Crippen LogP contribution is 2.21. The molecule has 0 aliphatic carbocycles. The van der Waals surface area contributed by atoms with E-state index in [0.717, 1.165) is 11.3 Å². The van der Waals surface area contributed by atoms with Gasteiger partial charge in [-0.2, -0.15) is 0 Å². The van der Waals surface area contributed by atoms with Gasteiger partial charge in [-0.3, -0.25) is 4.79 Å². The van der Waals surface area contributed by atoms with E-state index >= 15 is 0 Å². The minimum absolute atomic E-state index is 0.190. The molecule has 0 aliphatic heterocycles. The number of benzene rings is 2. The van der Waals surface area contributed by atoms with E-state index in [1.807, 2.05) is 49.4 Å². The Morgan fingerprint density at radius 2 is 1.76 bits per heavy atom. The van der Waals surface area contributed by atoms with Gasteiger partial charge in [0.2, 0.25) is 0 Å². The van der Waals surface area contributed by atoms with Gasteiger partial charge in [-0.25, -0.2) is 0 Å². The fourth-order valence-corrected chi connectivity index (χ4v) is 1.75. The van der Waals surface area contributed by atoms with Crippen molar-refractivity contribution in [2.24, 2.45) is 0 Å². The van der Waals surface area contributed by atoms with Crippen molar-refractivity contribution in [3.63, 3.8) is 0 Å². The van der Waals surface area contributed by atoms with Crippen LogP contribution in [-0.4, -0.2) is 5.91 Å². The molecular formula is C14H12ClNO. The molecule has 0 bridgehead atoms. The number of halogens is 1. The maximum absolute atomic E-state index is 12.0. The van der Waals surface area contributed by atoms with Crippen LogP contribution in [0, 0.1) is 6.92 Å². The number of amides is 1. The topological polar surface area (TPSA) is 29.1 Å². The van der Waals surface area contributed by atoms with Gasteiger partial charge in [-0.15, -0.1) is 0 Å². The number of para-hydroxylation sites is 1. The lowest BCUT2D eigenvalue weighted by Crippen LogP contribution is -2.12. The van der Waals surface area contributed by atoms with Gasteiger partial charge in [-0.05, 0) is 30.7 Å². The highest BCUT2D eigenvalue weighted by atomic mass is 35.5. The lowest BCUT2D eigenvalue weighted by molar-refractivity contribution is 0.102. The largest absolute Gasteiger partial charge is 0.322 e. The van der Waals surface area contributed by atoms with Crippen molar-refractivity contribution in [3.8, 4) is 0 Å². The van der Waals surface area contributed by atoms with Gasteiger partial charge in [0.1, 0.15) is 0 Å². The zero-order valence-electron chi connectivity index (χ0n) is 9.41. The van der Waals surface area contributed by atoms with E-state index in [-0.39, 0.29) is 5.91 Å². The molecule has 2 nitrogen and oxygen atoms in total. The van der Waals surface area contributed by atoms with Crippen LogP contribution in [0.4, 0.5) is 5.69 Å². The second kappa shape index (κ2) is 5.02. The lowest BCUT2D eigenvalue weighted by Gasteiger charge is -2.07. The molecule has 1 N–H and O–H groups in total. The van der Waals surface area contributed by atoms with Gasteiger partial charge in [0.05, 0.1) is 10.6 Å². The SMILES string of the molecule is Cc1cccc(C(=O)Nc2ccccc2)c1Cl. The summed E-state index contributed by atoms with van der Waals surface area (Å²) in [7, 11) is 0. The van der Waals surface area contributed by atoms with Crippen LogP contribution in [0.25, 0.3) is 0 Å². The maximum Gasteiger partial charge on any atom is 0.257 e. The van der Waals surface area contributed by atoms with Crippen LogP contribution >= 0.6 is 11.6 Å². The average molecular weight is 246 g/mol. The van der Waals surface area contributed by atoms with E-state index in [0.29, 0.717) is 10.6 Å². The predicted molar refractivity (Wildman–Crippen MR) is 70.6 cm³/mol. The van der Waals surface area contributed by atoms with E-state index in [1.165, 1.54) is 0 Å². The zero-order valence-corrected chi connectivity index (χ0v) is 10.2. The summed E-state index contributed by atoms with van der Waals surface area (Å²) in [6.07, 6.45) is 0. The number of aryl methyl sites for hydroxylation is 1. The molecular weight excluding hydrogens is 234 g/mol. The minimum Gasteiger partial charge on any atom is -0.322 e. The maximum atomic E-state index is 12.0. The first-order valence-corrected chi connectivity index (χ1v) is 5.68. The number of nitrogens with one attached hydrogen (secondary N) is 1. The van der Waals surface area contributed by atoms with Crippen LogP contribution in [0.1, 0.15) is 15.9 Å². The standard InChI is InChI=1S/C14H12ClNO/c1-10-6-5-9-12(13(10)15)14(17)16-11-7-3-2-4-8-11/h2-9H,1H3,(H,16,17). The summed E-state index contributed by atoms with van der Waals surface area (Å²) in [5.41, 5.74) is 2.15. The summed E-state index contributed by atoms with van der Waals surface area (Å²) in [4.78, 5) is 12.0. The van der Waals surface area contributed by atoms with Gasteiger partial charge in [0.25, 0.3) is 5.91 Å². The molecule has 0 unspecified atom stereocenters. The van der Waals surface area contributed by atoms with Crippen LogP contribution in [0.3, 0.4) is 0 Å². The molecule has 0 aromatic heterocycles. The highest BCUT2D eigenvalue weighted by molar-refractivity contribution is 6.35. The normalized spacial score (nSPS) is 10.0. The fourth-order valence-electron chi connectivity index (χ4n) is 1.54. The molecule has 2 aromatic rings. The third kappa shape index (κ3) is 2.66. The summed E-state index contributed by atoms with van der Waals surface area (Å²) in [6.45, 7) is 1.88. The van der Waals surface area contributed by atoms with Crippen LogP contribution < -0.4 is 5.32 Å². The van der Waals surface area contributed by atoms with Crippen molar-refractivity contribution in [2.75, 3.05) is 5.32 Å². The molecule has 3 heteroatoms. The highest BCUT2D eigenvalue weighted by Gasteiger charge is 2.11. The van der Waals surface area contributed by atoms with E-state index in [1.54, 1.807) is 6.07 Å². The number of hydrogen-bond acceptors (Lipinski definition) is 1. The Bertz CT molecular complexity index is 537. The van der Waals surface area contributed by atoms with E-state index in [2.05, 4.69) is 5.32 Å². The Labute approximate surface area is 105 Å². The van der Waals surface area contributed by atoms with Crippen molar-refractivity contribution < 1.29 is 4.79 Å². The Morgan fingerprint density at radius 1 is 1.06 bits per heavy atom. The summed E-state index contributed by atoms with van der Waals surface area (Å²) in [5, 5.41) is 3.30. The first-order chi connectivity index (χ1) is 8.18. The van der Waals surface area contributed by atoms with Gasteiger partial charge in [0.15, 0.2) is 0 Å². The summed E-state index contributed by atoms with van der Waals surface area (Å²) in [5.74, 6) is -0.190. The van der Waals surface area contributed by atoms with Crippen LogP contribution in [0.15, 0.2) is 48.5 Å². The van der Waals surface area contributed by atoms with E-state index in [4.69, 9.17) is 11.6 Å². The van der Waals surface area contributed by atoms with Crippen molar-refractivity contribution in [2.45, 2.75) is 6.92 Å². The van der Waals surface area contributed by atoms with E-state index in [9.17, 15) is 4.79 Å². The third-order valence-electron chi connectivity index (χ3n) is 2.47. The predicted octanol–water partition coefficient (Wildman–Crippen LogP) is 3.90. The Morgan fingerprint density at radius 3 is 2.47 bits per heavy atom. The fraction of sp³-hybridized carbons (Fsp3) is 0.0714. The summed E-state index contributed by atoms with van der Waals surface area (Å²) >= 11 is 6.09. The molecule has 0 aliphatic rings. The first kappa shape index (κ1) is 11.7. The lowest BCUT2D eigenvalue weighted by atomic mass is 10.1. The average Bonchev–Trinajstić information content (AvgIpc) is 2.34. The molecule has 0 atom stereocenters. The van der Waals surface area contributed by atoms with Crippen molar-refractivity contribution in [3.05, 3.63) is 64.7 Å². The quantitative estimate of drug-likeness (QED) is 0.854. The molecule has 1 amide bonds. The molecule has 0 radical (unpaired) electrons. The Hall–Kier alpha value is -1.80. The summed E-state index contributed by atoms with van der Waals surface area (Å²) in [6, 6.07) is 14.7. The van der Waals surface area contributed by atoms with Crippen molar-refractivity contribution in [1.29, 1.82) is 0 Å². The van der Waals surface area contributed by atoms with Gasteiger partial charge < -0.3 is 5.32 Å². The molecule has 17 heavy (non-hydrogen) atoms. The number of hydrogen-bond donors (Lipinski definition) is 1. The number of rotatable bonds is 2. The Balaban J connectivity index is 2.24. The van der Waals surface area contributed by atoms with Crippen molar-refractivity contribution >= 4 is 23.2 Å². The second-order valence-corrected chi connectivity index (χ2v) is 4.13. The molecule has 0 fully saturated rings. The first-order valence-electron chi connectivity index (χ1n) is 5.30. The summed E-state index contributed by atoms with van der Waals surface area (Å²) < 4.78 is 0. The number of carbonyl (C=O) groups excluding carboxylic acids is 1. The smallest absolute Gasteiger partial charge is 0.257 e. The van der Waals surface area contributed by atoms with Crippen LogP contribution in [0.2, 0.25) is 5.02 Å². The Kier molecular flexibility index (Phi) is 3.45. The third-order valence-corrected chi connectivity index (χ3v) is 2.97. The number of carbonyl (C=O) groups is 1. The van der Waals surface area contributed by atoms with Crippen molar-refractivity contribution in [1.82, 2.24) is 0 Å². The molecule has 0 spiro atoms. The molecule has 2 rings (SSSR count). The minimum atomic E-state index is -0.190. The molecule has 0 saturated carbocycles. The molecule has 86 valence electrons. The van der Waals surface area contributed by atoms with Gasteiger partial charge in [-0.1, -0.05) is 41.9 Å². The molecule has 0 saturated heterocycles. The zero-order chi connectivity index (χ0) is 12.3. The van der Waals surface area contributed by atoms with Gasteiger partial charge in [0, 0.05) is 5.69 Å². The second-order valence-electron chi connectivity index (χ2n) is 3.76. The van der Waals surface area contributed by atoms with Crippen LogP contribution in [-0.2, 0) is 0 Å². The van der Waals surface area contributed by atoms with E-state index < -0.39 is 0 Å². The van der Waals surface area contributed by atoms with Gasteiger partial charge >= 0.3 is 0 Å².